The summed E-state index contributed by atoms with van der Waals surface area (Å²) in [7, 11) is 0. The zero-order valence-electron chi connectivity index (χ0n) is 14.0. The molecule has 0 amide bonds. The molecule has 1 aliphatic heterocycles. The molecule has 0 aliphatic carbocycles. The van der Waals surface area contributed by atoms with Gasteiger partial charge in [-0.05, 0) is 25.7 Å². The first-order chi connectivity index (χ1) is 9.66. The van der Waals surface area contributed by atoms with Crippen molar-refractivity contribution in [2.24, 2.45) is 0 Å². The molecule has 3 heteroatoms. The summed E-state index contributed by atoms with van der Waals surface area (Å²) >= 11 is 0. The summed E-state index contributed by atoms with van der Waals surface area (Å²) in [5.74, 6) is -0.408. The molecule has 0 aromatic carbocycles. The van der Waals surface area contributed by atoms with Gasteiger partial charge in [-0.15, -0.1) is 0 Å². The predicted octanol–water partition coefficient (Wildman–Crippen LogP) is 4.69. The smallest absolute Gasteiger partial charge is 0.173 e. The van der Waals surface area contributed by atoms with Crippen LogP contribution in [0.4, 0.5) is 0 Å². The molecule has 0 radical (unpaired) electrons. The summed E-state index contributed by atoms with van der Waals surface area (Å²) in [5.41, 5.74) is -0.0588. The molecule has 0 unspecified atom stereocenters. The first-order valence-corrected chi connectivity index (χ1v) is 8.57. The molecule has 0 aromatic rings. The van der Waals surface area contributed by atoms with Crippen LogP contribution in [0.3, 0.4) is 0 Å². The van der Waals surface area contributed by atoms with Crippen LogP contribution in [0, 0.1) is 0 Å². The van der Waals surface area contributed by atoms with Gasteiger partial charge in [0.1, 0.15) is 0 Å². The van der Waals surface area contributed by atoms with Gasteiger partial charge in [-0.2, -0.15) is 0 Å². The Morgan fingerprint density at radius 2 is 1.45 bits per heavy atom. The normalized spacial score (nSPS) is 21.0. The van der Waals surface area contributed by atoms with Gasteiger partial charge in [0.05, 0.1) is 25.4 Å². The molecule has 1 aliphatic rings. The van der Waals surface area contributed by atoms with Gasteiger partial charge in [-0.1, -0.05) is 40.5 Å². The molecule has 1 fully saturated rings. The number of unbranched alkanes of at least 4 members (excludes halogenated alkanes) is 2. The molecule has 0 saturated carbocycles. The Morgan fingerprint density at radius 1 is 0.900 bits per heavy atom. The maximum Gasteiger partial charge on any atom is 0.173 e. The summed E-state index contributed by atoms with van der Waals surface area (Å²) < 4.78 is 18.5. The van der Waals surface area contributed by atoms with Crippen molar-refractivity contribution in [1.82, 2.24) is 0 Å². The fourth-order valence-electron chi connectivity index (χ4n) is 2.85. The maximum absolute atomic E-state index is 6.21. The monoisotopic (exact) mass is 286 g/mol. The van der Waals surface area contributed by atoms with Crippen LogP contribution >= 0.6 is 0 Å². The minimum Gasteiger partial charge on any atom is -0.375 e. The second kappa shape index (κ2) is 9.01. The Labute approximate surface area is 125 Å². The van der Waals surface area contributed by atoms with E-state index in [0.717, 1.165) is 71.2 Å². The SMILES string of the molecule is CCCCOC1(OCCCC)CCOC(CC)(CC)C1. The zero-order chi connectivity index (χ0) is 14.9. The van der Waals surface area contributed by atoms with E-state index in [0.29, 0.717) is 0 Å². The van der Waals surface area contributed by atoms with E-state index in [1.54, 1.807) is 0 Å². The minimum atomic E-state index is -0.408. The minimum absolute atomic E-state index is 0.0588. The Kier molecular flexibility index (Phi) is 8.08. The summed E-state index contributed by atoms with van der Waals surface area (Å²) in [4.78, 5) is 0. The molecule has 20 heavy (non-hydrogen) atoms. The van der Waals surface area contributed by atoms with Gasteiger partial charge in [0.25, 0.3) is 0 Å². The highest BCUT2D eigenvalue weighted by atomic mass is 16.7. The Hall–Kier alpha value is -0.120. The van der Waals surface area contributed by atoms with E-state index in [1.807, 2.05) is 0 Å². The van der Waals surface area contributed by atoms with Crippen LogP contribution in [-0.4, -0.2) is 31.2 Å². The van der Waals surface area contributed by atoms with Crippen LogP contribution in [-0.2, 0) is 14.2 Å². The lowest BCUT2D eigenvalue weighted by Gasteiger charge is -2.46. The van der Waals surface area contributed by atoms with Crippen molar-refractivity contribution in [3.63, 3.8) is 0 Å². The molecule has 120 valence electrons. The quantitative estimate of drug-likeness (QED) is 0.431. The number of rotatable bonds is 10. The molecule has 0 spiro atoms. The highest BCUT2D eigenvalue weighted by molar-refractivity contribution is 4.90. The molecular formula is C17H34O3. The molecule has 1 heterocycles. The lowest BCUT2D eigenvalue weighted by atomic mass is 9.85. The Balaban J connectivity index is 2.69. The molecule has 0 N–H and O–H groups in total. The molecule has 3 nitrogen and oxygen atoms in total. The molecule has 0 atom stereocenters. The van der Waals surface area contributed by atoms with Crippen molar-refractivity contribution in [2.75, 3.05) is 19.8 Å². The van der Waals surface area contributed by atoms with E-state index in [4.69, 9.17) is 14.2 Å². The highest BCUT2D eigenvalue weighted by Crippen LogP contribution is 2.40. The standard InChI is InChI=1S/C17H34O3/c1-5-9-12-19-17(20-13-10-6-2)11-14-18-16(7-3,8-4)15-17/h5-15H2,1-4H3. The third-order valence-electron chi connectivity index (χ3n) is 4.50. The van der Waals surface area contributed by atoms with E-state index < -0.39 is 5.79 Å². The van der Waals surface area contributed by atoms with Crippen molar-refractivity contribution in [1.29, 1.82) is 0 Å². The van der Waals surface area contributed by atoms with Crippen LogP contribution in [0.15, 0.2) is 0 Å². The maximum atomic E-state index is 6.21. The highest BCUT2D eigenvalue weighted by Gasteiger charge is 2.45. The Morgan fingerprint density at radius 3 is 1.90 bits per heavy atom. The van der Waals surface area contributed by atoms with Gasteiger partial charge < -0.3 is 14.2 Å². The Bertz CT molecular complexity index is 239. The van der Waals surface area contributed by atoms with Crippen LogP contribution in [0.2, 0.25) is 0 Å². The van der Waals surface area contributed by atoms with E-state index in [1.165, 1.54) is 0 Å². The fraction of sp³-hybridized carbons (Fsp3) is 1.00. The number of ether oxygens (including phenoxy) is 3. The predicted molar refractivity (Wildman–Crippen MR) is 83.0 cm³/mol. The van der Waals surface area contributed by atoms with Gasteiger partial charge in [-0.25, -0.2) is 0 Å². The van der Waals surface area contributed by atoms with Gasteiger partial charge >= 0.3 is 0 Å². The molecule has 0 bridgehead atoms. The first-order valence-electron chi connectivity index (χ1n) is 8.57. The van der Waals surface area contributed by atoms with Crippen LogP contribution in [0.1, 0.15) is 79.1 Å². The lowest BCUT2D eigenvalue weighted by Crippen LogP contribution is -2.51. The van der Waals surface area contributed by atoms with Crippen molar-refractivity contribution >= 4 is 0 Å². The molecule has 1 rings (SSSR count). The van der Waals surface area contributed by atoms with E-state index in [9.17, 15) is 0 Å². The van der Waals surface area contributed by atoms with Crippen molar-refractivity contribution in [3.8, 4) is 0 Å². The fourth-order valence-corrected chi connectivity index (χ4v) is 2.85. The van der Waals surface area contributed by atoms with Crippen LogP contribution in [0.5, 0.6) is 0 Å². The summed E-state index contributed by atoms with van der Waals surface area (Å²) in [6.45, 7) is 11.1. The van der Waals surface area contributed by atoms with Crippen LogP contribution < -0.4 is 0 Å². The average Bonchev–Trinajstić information content (AvgIpc) is 2.48. The molecule has 0 aromatic heterocycles. The third-order valence-corrected chi connectivity index (χ3v) is 4.50. The average molecular weight is 286 g/mol. The summed E-state index contributed by atoms with van der Waals surface area (Å²) in [6, 6.07) is 0. The third kappa shape index (κ3) is 5.01. The summed E-state index contributed by atoms with van der Waals surface area (Å²) in [6.07, 6.45) is 8.32. The number of hydrogen-bond acceptors (Lipinski definition) is 3. The molecule has 1 saturated heterocycles. The van der Waals surface area contributed by atoms with Crippen molar-refractivity contribution in [2.45, 2.75) is 90.4 Å². The van der Waals surface area contributed by atoms with Crippen LogP contribution in [0.25, 0.3) is 0 Å². The van der Waals surface area contributed by atoms with Crippen molar-refractivity contribution in [3.05, 3.63) is 0 Å². The van der Waals surface area contributed by atoms with E-state index in [2.05, 4.69) is 27.7 Å². The number of hydrogen-bond donors (Lipinski definition) is 0. The molecular weight excluding hydrogens is 252 g/mol. The van der Waals surface area contributed by atoms with E-state index >= 15 is 0 Å². The second-order valence-electron chi connectivity index (χ2n) is 5.98. The van der Waals surface area contributed by atoms with Gasteiger partial charge in [0, 0.05) is 12.8 Å². The lowest BCUT2D eigenvalue weighted by molar-refractivity contribution is -0.300. The summed E-state index contributed by atoms with van der Waals surface area (Å²) in [5, 5.41) is 0. The van der Waals surface area contributed by atoms with Gasteiger partial charge in [-0.3, -0.25) is 0 Å². The largest absolute Gasteiger partial charge is 0.375 e. The van der Waals surface area contributed by atoms with Gasteiger partial charge in [0.15, 0.2) is 5.79 Å². The topological polar surface area (TPSA) is 27.7 Å². The van der Waals surface area contributed by atoms with Crippen molar-refractivity contribution < 1.29 is 14.2 Å². The van der Waals surface area contributed by atoms with E-state index in [-0.39, 0.29) is 5.60 Å². The zero-order valence-corrected chi connectivity index (χ0v) is 14.0. The second-order valence-corrected chi connectivity index (χ2v) is 5.98. The van der Waals surface area contributed by atoms with Gasteiger partial charge in [0.2, 0.25) is 0 Å². The first kappa shape index (κ1) is 17.9.